The second-order valence-electron chi connectivity index (χ2n) is 3.82. The van der Waals surface area contributed by atoms with Crippen LogP contribution in [0, 0.1) is 0 Å². The molecule has 1 aliphatic heterocycles. The molecule has 0 saturated carbocycles. The lowest BCUT2D eigenvalue weighted by molar-refractivity contribution is -0.107. The fourth-order valence-corrected chi connectivity index (χ4v) is 2.83. The van der Waals surface area contributed by atoms with E-state index in [1.165, 1.54) is 7.11 Å². The summed E-state index contributed by atoms with van der Waals surface area (Å²) < 4.78 is 11.3. The molecule has 7 heteroatoms. The van der Waals surface area contributed by atoms with E-state index in [-0.39, 0.29) is 5.12 Å². The quantitative estimate of drug-likeness (QED) is 0.676. The van der Waals surface area contributed by atoms with E-state index in [1.54, 1.807) is 18.2 Å². The fourth-order valence-electron chi connectivity index (χ4n) is 1.72. The van der Waals surface area contributed by atoms with E-state index in [0.29, 0.717) is 38.7 Å². The number of carbonyl (C=O) groups excluding carboxylic acids is 1. The van der Waals surface area contributed by atoms with E-state index in [1.807, 2.05) is 6.92 Å². The maximum Gasteiger partial charge on any atom is 0.242 e. The van der Waals surface area contributed by atoms with Crippen molar-refractivity contribution in [3.8, 4) is 11.5 Å². The number of thioether (sulfide) groups is 1. The normalized spacial score (nSPS) is 16.4. The number of halogens is 1. The van der Waals surface area contributed by atoms with Crippen LogP contribution in [-0.4, -0.2) is 23.2 Å². The molecule has 20 heavy (non-hydrogen) atoms. The zero-order valence-corrected chi connectivity index (χ0v) is 13.2. The third kappa shape index (κ3) is 3.26. The van der Waals surface area contributed by atoms with Crippen LogP contribution in [-0.2, 0) is 4.79 Å². The van der Waals surface area contributed by atoms with Gasteiger partial charge in [0.1, 0.15) is 4.32 Å². The van der Waals surface area contributed by atoms with Crippen molar-refractivity contribution in [2.75, 3.05) is 13.7 Å². The van der Waals surface area contributed by atoms with Gasteiger partial charge in [0.25, 0.3) is 0 Å². The SMILES string of the molecule is CCOc1c(C=C2NC(=S)SC2=O)cc(Cl)cc1OC. The molecule has 0 aliphatic carbocycles. The minimum Gasteiger partial charge on any atom is -0.493 e. The zero-order chi connectivity index (χ0) is 14.7. The lowest BCUT2D eigenvalue weighted by atomic mass is 10.1. The largest absolute Gasteiger partial charge is 0.493 e. The van der Waals surface area contributed by atoms with Crippen LogP contribution < -0.4 is 14.8 Å². The molecule has 2 rings (SSSR count). The Kier molecular flexibility index (Phi) is 4.91. The topological polar surface area (TPSA) is 47.6 Å². The standard InChI is InChI=1S/C13H12ClNO3S2/c1-3-18-11-7(4-8(14)6-10(11)17-2)5-9-12(16)20-13(19)15-9/h4-6H,3H2,1-2H3,(H,15,19). The molecule has 0 bridgehead atoms. The number of carbonyl (C=O) groups is 1. The minimum absolute atomic E-state index is 0.128. The zero-order valence-electron chi connectivity index (χ0n) is 10.9. The monoisotopic (exact) mass is 329 g/mol. The Hall–Kier alpha value is -1.24. The van der Waals surface area contributed by atoms with Gasteiger partial charge in [-0.25, -0.2) is 0 Å². The molecular weight excluding hydrogens is 318 g/mol. The molecule has 0 amide bonds. The van der Waals surface area contributed by atoms with Gasteiger partial charge in [0.15, 0.2) is 11.5 Å². The van der Waals surface area contributed by atoms with E-state index < -0.39 is 0 Å². The third-order valence-electron chi connectivity index (χ3n) is 2.50. The van der Waals surface area contributed by atoms with Crippen molar-refractivity contribution in [3.63, 3.8) is 0 Å². The van der Waals surface area contributed by atoms with Crippen molar-refractivity contribution in [1.29, 1.82) is 0 Å². The number of methoxy groups -OCH3 is 1. The van der Waals surface area contributed by atoms with Crippen molar-refractivity contribution < 1.29 is 14.3 Å². The molecule has 1 aromatic carbocycles. The Morgan fingerprint density at radius 2 is 2.25 bits per heavy atom. The van der Waals surface area contributed by atoms with Gasteiger partial charge in [-0.3, -0.25) is 4.79 Å². The highest BCUT2D eigenvalue weighted by Crippen LogP contribution is 2.36. The maximum atomic E-state index is 11.7. The summed E-state index contributed by atoms with van der Waals surface area (Å²) in [5.41, 5.74) is 1.07. The summed E-state index contributed by atoms with van der Waals surface area (Å²) in [5, 5.41) is 3.21. The van der Waals surface area contributed by atoms with Crippen molar-refractivity contribution in [2.24, 2.45) is 0 Å². The molecule has 1 aliphatic rings. The molecule has 1 heterocycles. The molecule has 1 saturated heterocycles. The lowest BCUT2D eigenvalue weighted by Gasteiger charge is -2.13. The molecule has 106 valence electrons. The van der Waals surface area contributed by atoms with E-state index in [9.17, 15) is 4.79 Å². The van der Waals surface area contributed by atoms with Crippen LogP contribution in [0.2, 0.25) is 5.02 Å². The average Bonchev–Trinajstić information content (AvgIpc) is 2.70. The summed E-state index contributed by atoms with van der Waals surface area (Å²) >= 11 is 12.0. The summed E-state index contributed by atoms with van der Waals surface area (Å²) in [7, 11) is 1.54. The van der Waals surface area contributed by atoms with Gasteiger partial charge in [-0.15, -0.1) is 0 Å². The Bertz CT molecular complexity index is 602. The van der Waals surface area contributed by atoms with E-state index in [2.05, 4.69) is 5.32 Å². The van der Waals surface area contributed by atoms with Crippen LogP contribution in [0.5, 0.6) is 11.5 Å². The number of thiocarbonyl (C=S) groups is 1. The van der Waals surface area contributed by atoms with Gasteiger partial charge in [0, 0.05) is 16.7 Å². The molecule has 4 nitrogen and oxygen atoms in total. The number of ether oxygens (including phenoxy) is 2. The summed E-state index contributed by atoms with van der Waals surface area (Å²) in [6, 6.07) is 3.38. The van der Waals surface area contributed by atoms with Crippen LogP contribution in [0.3, 0.4) is 0 Å². The van der Waals surface area contributed by atoms with E-state index in [4.69, 9.17) is 33.3 Å². The maximum absolute atomic E-state index is 11.7. The molecule has 1 N–H and O–H groups in total. The summed E-state index contributed by atoms with van der Waals surface area (Å²) in [4.78, 5) is 11.7. The molecule has 0 aromatic heterocycles. The summed E-state index contributed by atoms with van der Waals surface area (Å²) in [6.07, 6.45) is 1.66. The van der Waals surface area contributed by atoms with Gasteiger partial charge in [-0.2, -0.15) is 0 Å². The first-order valence-corrected chi connectivity index (χ1v) is 7.40. The first-order chi connectivity index (χ1) is 9.55. The third-order valence-corrected chi connectivity index (χ3v) is 3.76. The second-order valence-corrected chi connectivity index (χ2v) is 5.91. The minimum atomic E-state index is -0.128. The Morgan fingerprint density at radius 3 is 2.80 bits per heavy atom. The smallest absolute Gasteiger partial charge is 0.242 e. The van der Waals surface area contributed by atoms with Crippen LogP contribution >= 0.6 is 35.6 Å². The van der Waals surface area contributed by atoms with Gasteiger partial charge in [-0.1, -0.05) is 23.8 Å². The van der Waals surface area contributed by atoms with E-state index in [0.717, 1.165) is 11.8 Å². The number of rotatable bonds is 4. The predicted molar refractivity (Wildman–Crippen MR) is 85.5 cm³/mol. The number of hydrogen-bond donors (Lipinski definition) is 1. The molecule has 0 unspecified atom stereocenters. The van der Waals surface area contributed by atoms with Crippen molar-refractivity contribution >= 4 is 51.1 Å². The summed E-state index contributed by atoms with van der Waals surface area (Å²) in [5.74, 6) is 1.07. The van der Waals surface area contributed by atoms with Gasteiger partial charge < -0.3 is 14.8 Å². The molecule has 0 radical (unpaired) electrons. The average molecular weight is 330 g/mol. The number of hydrogen-bond acceptors (Lipinski definition) is 5. The second kappa shape index (κ2) is 6.47. The molecule has 1 aromatic rings. The molecule has 0 atom stereocenters. The van der Waals surface area contributed by atoms with Crippen LogP contribution in [0.15, 0.2) is 17.8 Å². The van der Waals surface area contributed by atoms with Gasteiger partial charge in [-0.05, 0) is 30.8 Å². The predicted octanol–water partition coefficient (Wildman–Crippen LogP) is 3.24. The van der Waals surface area contributed by atoms with Crippen LogP contribution in [0.1, 0.15) is 12.5 Å². The summed E-state index contributed by atoms with van der Waals surface area (Å²) in [6.45, 7) is 2.34. The Balaban J connectivity index is 2.49. The number of nitrogens with one attached hydrogen (secondary N) is 1. The molecular formula is C13H12ClNO3S2. The van der Waals surface area contributed by atoms with Crippen molar-refractivity contribution in [1.82, 2.24) is 5.32 Å². The molecule has 1 fully saturated rings. The highest BCUT2D eigenvalue weighted by Gasteiger charge is 2.23. The first kappa shape index (κ1) is 15.2. The fraction of sp³-hybridized carbons (Fsp3) is 0.231. The number of benzene rings is 1. The molecule has 0 spiro atoms. The Labute approximate surface area is 131 Å². The van der Waals surface area contributed by atoms with Crippen molar-refractivity contribution in [3.05, 3.63) is 28.4 Å². The first-order valence-electron chi connectivity index (χ1n) is 5.80. The van der Waals surface area contributed by atoms with Gasteiger partial charge in [0.2, 0.25) is 5.12 Å². The van der Waals surface area contributed by atoms with Crippen molar-refractivity contribution in [2.45, 2.75) is 6.92 Å². The highest BCUT2D eigenvalue weighted by atomic mass is 35.5. The van der Waals surface area contributed by atoms with E-state index >= 15 is 0 Å². The van der Waals surface area contributed by atoms with Gasteiger partial charge in [0.05, 0.1) is 19.4 Å². The van der Waals surface area contributed by atoms with Crippen LogP contribution in [0.25, 0.3) is 6.08 Å². The van der Waals surface area contributed by atoms with Crippen LogP contribution in [0.4, 0.5) is 0 Å². The lowest BCUT2D eigenvalue weighted by Crippen LogP contribution is -2.10. The highest BCUT2D eigenvalue weighted by molar-refractivity contribution is 8.33. The van der Waals surface area contributed by atoms with Gasteiger partial charge >= 0.3 is 0 Å². The Morgan fingerprint density at radius 1 is 1.50 bits per heavy atom.